The van der Waals surface area contributed by atoms with E-state index < -0.39 is 10.8 Å². The van der Waals surface area contributed by atoms with Gasteiger partial charge in [0.25, 0.3) is 0 Å². The van der Waals surface area contributed by atoms with Crippen LogP contribution in [0, 0.1) is 10.1 Å². The minimum Gasteiger partial charge on any atom is -0.487 e. The molecule has 0 aliphatic carbocycles. The average Bonchev–Trinajstić information content (AvgIpc) is 2.33. The standard InChI is InChI=1S/C11H13BrN2O5/c1-18-3-2-4-19-9-6-7(11(13)15)5-8(12)10(9)14(16)17/h5-6H,2-4H2,1H3,(H2,13,15). The molecule has 0 radical (unpaired) electrons. The van der Waals surface area contributed by atoms with Gasteiger partial charge in [0, 0.05) is 31.8 Å². The molecule has 1 aromatic carbocycles. The number of primary amides is 1. The van der Waals surface area contributed by atoms with Gasteiger partial charge >= 0.3 is 5.69 Å². The van der Waals surface area contributed by atoms with Crippen molar-refractivity contribution < 1.29 is 19.2 Å². The van der Waals surface area contributed by atoms with Gasteiger partial charge in [-0.25, -0.2) is 0 Å². The Kier molecular flexibility index (Phi) is 5.71. The van der Waals surface area contributed by atoms with Crippen LogP contribution >= 0.6 is 15.9 Å². The lowest BCUT2D eigenvalue weighted by molar-refractivity contribution is -0.386. The molecule has 0 spiro atoms. The van der Waals surface area contributed by atoms with Gasteiger partial charge in [0.15, 0.2) is 5.75 Å². The lowest BCUT2D eigenvalue weighted by Crippen LogP contribution is -2.12. The smallest absolute Gasteiger partial charge is 0.325 e. The van der Waals surface area contributed by atoms with Gasteiger partial charge in [0.2, 0.25) is 5.91 Å². The highest BCUT2D eigenvalue weighted by molar-refractivity contribution is 9.10. The number of nitrogens with two attached hydrogens (primary N) is 1. The van der Waals surface area contributed by atoms with Gasteiger partial charge in [-0.2, -0.15) is 0 Å². The first-order valence-electron chi connectivity index (χ1n) is 5.36. The van der Waals surface area contributed by atoms with Gasteiger partial charge in [0.1, 0.15) is 4.47 Å². The number of carbonyl (C=O) groups excluding carboxylic acids is 1. The third kappa shape index (κ3) is 4.18. The minimum atomic E-state index is -0.683. The fraction of sp³-hybridized carbons (Fsp3) is 0.364. The summed E-state index contributed by atoms with van der Waals surface area (Å²) in [5, 5.41) is 11.0. The van der Waals surface area contributed by atoms with E-state index in [2.05, 4.69) is 15.9 Å². The zero-order valence-corrected chi connectivity index (χ0v) is 11.8. The maximum absolute atomic E-state index is 11.1. The number of benzene rings is 1. The molecule has 1 amide bonds. The van der Waals surface area contributed by atoms with Gasteiger partial charge < -0.3 is 15.2 Å². The molecule has 1 aromatic rings. The molecule has 0 fully saturated rings. The molecule has 2 N–H and O–H groups in total. The summed E-state index contributed by atoms with van der Waals surface area (Å²) in [4.78, 5) is 21.5. The van der Waals surface area contributed by atoms with Crippen LogP contribution < -0.4 is 10.5 Å². The molecule has 104 valence electrons. The molecule has 0 unspecified atom stereocenters. The predicted molar refractivity (Wildman–Crippen MR) is 71.3 cm³/mol. The summed E-state index contributed by atoms with van der Waals surface area (Å²) in [6.07, 6.45) is 0.575. The Balaban J connectivity index is 3.03. The molecule has 0 atom stereocenters. The van der Waals surface area contributed by atoms with Crippen LogP contribution in [0.1, 0.15) is 16.8 Å². The zero-order chi connectivity index (χ0) is 14.4. The quantitative estimate of drug-likeness (QED) is 0.466. The first kappa shape index (κ1) is 15.4. The van der Waals surface area contributed by atoms with E-state index >= 15 is 0 Å². The normalized spacial score (nSPS) is 10.2. The van der Waals surface area contributed by atoms with Crippen molar-refractivity contribution in [2.45, 2.75) is 6.42 Å². The second-order valence-corrected chi connectivity index (χ2v) is 4.48. The third-order valence-corrected chi connectivity index (χ3v) is 2.85. The van der Waals surface area contributed by atoms with Crippen LogP contribution in [0.15, 0.2) is 16.6 Å². The number of methoxy groups -OCH3 is 1. The van der Waals surface area contributed by atoms with Crippen LogP contribution in [0.25, 0.3) is 0 Å². The maximum atomic E-state index is 11.1. The number of hydrogen-bond donors (Lipinski definition) is 1. The Morgan fingerprint density at radius 3 is 2.68 bits per heavy atom. The molecule has 7 nitrogen and oxygen atoms in total. The summed E-state index contributed by atoms with van der Waals surface area (Å²) in [5.74, 6) is -0.679. The van der Waals surface area contributed by atoms with E-state index in [-0.39, 0.29) is 28.1 Å². The van der Waals surface area contributed by atoms with Crippen molar-refractivity contribution in [1.29, 1.82) is 0 Å². The number of amides is 1. The summed E-state index contributed by atoms with van der Waals surface area (Å²) in [6, 6.07) is 2.56. The minimum absolute atomic E-state index is 0.00396. The summed E-state index contributed by atoms with van der Waals surface area (Å²) in [5.41, 5.74) is 5.05. The molecule has 0 aliphatic rings. The van der Waals surface area contributed by atoms with Crippen molar-refractivity contribution in [1.82, 2.24) is 0 Å². The van der Waals surface area contributed by atoms with Crippen LogP contribution in [0.4, 0.5) is 5.69 Å². The monoisotopic (exact) mass is 332 g/mol. The topological polar surface area (TPSA) is 105 Å². The molecular weight excluding hydrogens is 320 g/mol. The summed E-state index contributed by atoms with van der Waals surface area (Å²) >= 11 is 3.04. The van der Waals surface area contributed by atoms with E-state index in [0.29, 0.717) is 13.0 Å². The van der Waals surface area contributed by atoms with Gasteiger partial charge in [-0.15, -0.1) is 0 Å². The number of hydrogen-bond acceptors (Lipinski definition) is 5. The largest absolute Gasteiger partial charge is 0.487 e. The number of nitrogens with zero attached hydrogens (tertiary/aromatic N) is 1. The average molecular weight is 333 g/mol. The van der Waals surface area contributed by atoms with Gasteiger partial charge in [-0.3, -0.25) is 14.9 Å². The molecule has 0 saturated carbocycles. The van der Waals surface area contributed by atoms with Crippen molar-refractivity contribution in [2.24, 2.45) is 5.73 Å². The van der Waals surface area contributed by atoms with E-state index in [1.54, 1.807) is 7.11 Å². The predicted octanol–water partition coefficient (Wildman–Crippen LogP) is 1.87. The van der Waals surface area contributed by atoms with Crippen LogP contribution in [0.3, 0.4) is 0 Å². The number of carbonyl (C=O) groups is 1. The lowest BCUT2D eigenvalue weighted by Gasteiger charge is -2.09. The first-order valence-corrected chi connectivity index (χ1v) is 6.16. The molecule has 8 heteroatoms. The second kappa shape index (κ2) is 7.05. The summed E-state index contributed by atoms with van der Waals surface area (Å²) < 4.78 is 10.3. The fourth-order valence-corrected chi connectivity index (χ4v) is 1.98. The molecular formula is C11H13BrN2O5. The highest BCUT2D eigenvalue weighted by atomic mass is 79.9. The van der Waals surface area contributed by atoms with E-state index in [1.165, 1.54) is 12.1 Å². The molecule has 0 bridgehead atoms. The number of halogens is 1. The maximum Gasteiger partial charge on any atom is 0.325 e. The van der Waals surface area contributed by atoms with Crippen LogP contribution in [0.2, 0.25) is 0 Å². The molecule has 19 heavy (non-hydrogen) atoms. The number of nitro benzene ring substituents is 1. The molecule has 0 aromatic heterocycles. The summed E-state index contributed by atoms with van der Waals surface area (Å²) in [7, 11) is 1.55. The number of nitro groups is 1. The van der Waals surface area contributed by atoms with Gasteiger partial charge in [0.05, 0.1) is 11.5 Å². The van der Waals surface area contributed by atoms with E-state index in [4.69, 9.17) is 15.2 Å². The Labute approximate surface area is 118 Å². The van der Waals surface area contributed by atoms with Crippen molar-refractivity contribution in [3.05, 3.63) is 32.3 Å². The van der Waals surface area contributed by atoms with Crippen molar-refractivity contribution >= 4 is 27.5 Å². The Morgan fingerprint density at radius 1 is 1.47 bits per heavy atom. The van der Waals surface area contributed by atoms with Crippen LogP contribution in [-0.4, -0.2) is 31.2 Å². The zero-order valence-electron chi connectivity index (χ0n) is 10.2. The third-order valence-electron chi connectivity index (χ3n) is 2.25. The second-order valence-electron chi connectivity index (χ2n) is 3.62. The van der Waals surface area contributed by atoms with Crippen molar-refractivity contribution in [2.75, 3.05) is 20.3 Å². The Morgan fingerprint density at radius 2 is 2.16 bits per heavy atom. The van der Waals surface area contributed by atoms with E-state index in [1.807, 2.05) is 0 Å². The number of ether oxygens (including phenoxy) is 2. The molecule has 0 heterocycles. The van der Waals surface area contributed by atoms with E-state index in [0.717, 1.165) is 0 Å². The van der Waals surface area contributed by atoms with E-state index in [9.17, 15) is 14.9 Å². The fourth-order valence-electron chi connectivity index (χ4n) is 1.39. The highest BCUT2D eigenvalue weighted by Crippen LogP contribution is 2.36. The SMILES string of the molecule is COCCCOc1cc(C(N)=O)cc(Br)c1[N+](=O)[O-]. The molecule has 0 saturated heterocycles. The highest BCUT2D eigenvalue weighted by Gasteiger charge is 2.22. The first-order chi connectivity index (χ1) is 8.97. The van der Waals surface area contributed by atoms with Crippen molar-refractivity contribution in [3.63, 3.8) is 0 Å². The number of rotatable bonds is 7. The Bertz CT molecular complexity index is 492. The summed E-state index contributed by atoms with van der Waals surface area (Å²) in [6.45, 7) is 0.716. The Hall–Kier alpha value is -1.67. The lowest BCUT2D eigenvalue weighted by atomic mass is 10.2. The van der Waals surface area contributed by atoms with Crippen LogP contribution in [-0.2, 0) is 4.74 Å². The molecule has 0 aliphatic heterocycles. The van der Waals surface area contributed by atoms with Crippen molar-refractivity contribution in [3.8, 4) is 5.75 Å². The van der Waals surface area contributed by atoms with Gasteiger partial charge in [-0.05, 0) is 22.0 Å². The van der Waals surface area contributed by atoms with Gasteiger partial charge in [-0.1, -0.05) is 0 Å². The molecule has 1 rings (SSSR count). The van der Waals surface area contributed by atoms with Crippen LogP contribution in [0.5, 0.6) is 5.75 Å².